The lowest BCUT2D eigenvalue weighted by atomic mass is 9.71. The summed E-state index contributed by atoms with van der Waals surface area (Å²) in [7, 11) is 1.30. The minimum absolute atomic E-state index is 0.0361. The summed E-state index contributed by atoms with van der Waals surface area (Å²) < 4.78 is 10.2. The number of phenols is 1. The monoisotopic (exact) mass is 585 g/mol. The molecule has 8 nitrogen and oxygen atoms in total. The standard InChI is InChI=1S/C35H39NO7/c1-7-43-33(41)35(5,22-34(3,4)32(40)42-6)20-19-30(38)36-27-16-13-24(14-17-27)23(2)26-15-18-28(29(37)21-26)31(39)25-11-9-8-10-12-25/h8-18,21,37H,2,7,19-20,22H2,1,3-6H3,(H,36,38). The van der Waals surface area contributed by atoms with Gasteiger partial charge in [0.05, 0.1) is 30.1 Å². The van der Waals surface area contributed by atoms with Crippen LogP contribution in [0, 0.1) is 10.8 Å². The van der Waals surface area contributed by atoms with Crippen LogP contribution in [0.3, 0.4) is 0 Å². The number of esters is 2. The Balaban J connectivity index is 1.66. The smallest absolute Gasteiger partial charge is 0.311 e. The molecule has 3 rings (SSSR count). The predicted molar refractivity (Wildman–Crippen MR) is 166 cm³/mol. The lowest BCUT2D eigenvalue weighted by Gasteiger charge is -2.34. The highest BCUT2D eigenvalue weighted by atomic mass is 16.5. The van der Waals surface area contributed by atoms with Crippen LogP contribution in [0.25, 0.3) is 5.57 Å². The molecule has 0 bridgehead atoms. The van der Waals surface area contributed by atoms with Gasteiger partial charge in [-0.25, -0.2) is 0 Å². The van der Waals surface area contributed by atoms with Crippen LogP contribution in [0.4, 0.5) is 5.69 Å². The van der Waals surface area contributed by atoms with Crippen LogP contribution >= 0.6 is 0 Å². The van der Waals surface area contributed by atoms with Crippen molar-refractivity contribution in [3.8, 4) is 5.75 Å². The zero-order chi connectivity index (χ0) is 31.8. The Morgan fingerprint density at radius 1 is 0.860 bits per heavy atom. The molecule has 0 aliphatic rings. The molecular weight excluding hydrogens is 546 g/mol. The molecule has 0 heterocycles. The molecule has 226 valence electrons. The van der Waals surface area contributed by atoms with Crippen LogP contribution in [0.15, 0.2) is 79.4 Å². The molecule has 1 amide bonds. The molecule has 3 aromatic carbocycles. The molecule has 43 heavy (non-hydrogen) atoms. The van der Waals surface area contributed by atoms with Crippen LogP contribution in [0.1, 0.15) is 74.0 Å². The average molecular weight is 586 g/mol. The molecule has 3 aromatic rings. The van der Waals surface area contributed by atoms with E-state index in [-0.39, 0.29) is 48.9 Å². The van der Waals surface area contributed by atoms with Crippen molar-refractivity contribution in [2.75, 3.05) is 19.0 Å². The van der Waals surface area contributed by atoms with E-state index in [1.165, 1.54) is 13.2 Å². The second-order valence-electron chi connectivity index (χ2n) is 11.4. The second kappa shape index (κ2) is 14.0. The van der Waals surface area contributed by atoms with Crippen molar-refractivity contribution >= 4 is 34.9 Å². The Bertz CT molecular complexity index is 1490. The summed E-state index contributed by atoms with van der Waals surface area (Å²) in [5, 5.41) is 13.4. The lowest BCUT2D eigenvalue weighted by molar-refractivity contribution is -0.161. The van der Waals surface area contributed by atoms with Gasteiger partial charge in [0.1, 0.15) is 5.75 Å². The number of benzene rings is 3. The average Bonchev–Trinajstić information content (AvgIpc) is 2.99. The van der Waals surface area contributed by atoms with Gasteiger partial charge in [0, 0.05) is 17.7 Å². The van der Waals surface area contributed by atoms with E-state index in [1.807, 2.05) is 6.07 Å². The zero-order valence-electron chi connectivity index (χ0n) is 25.4. The van der Waals surface area contributed by atoms with Crippen LogP contribution in [0.5, 0.6) is 5.75 Å². The minimum Gasteiger partial charge on any atom is -0.507 e. The number of hydrogen-bond acceptors (Lipinski definition) is 7. The van der Waals surface area contributed by atoms with Gasteiger partial charge in [-0.1, -0.05) is 55.1 Å². The molecule has 2 N–H and O–H groups in total. The number of hydrogen-bond donors (Lipinski definition) is 2. The molecule has 0 aromatic heterocycles. The molecule has 8 heteroatoms. The molecule has 0 saturated heterocycles. The number of ether oxygens (including phenoxy) is 2. The van der Waals surface area contributed by atoms with E-state index >= 15 is 0 Å². The Morgan fingerprint density at radius 2 is 1.49 bits per heavy atom. The predicted octanol–water partition coefficient (Wildman–Crippen LogP) is 6.56. The number of methoxy groups -OCH3 is 1. The molecule has 0 fully saturated rings. The van der Waals surface area contributed by atoms with E-state index in [4.69, 9.17) is 9.47 Å². The van der Waals surface area contributed by atoms with Crippen LogP contribution in [-0.2, 0) is 23.9 Å². The summed E-state index contributed by atoms with van der Waals surface area (Å²) in [5.74, 6) is -1.61. The van der Waals surface area contributed by atoms with Crippen LogP contribution < -0.4 is 5.32 Å². The first-order chi connectivity index (χ1) is 20.3. The highest BCUT2D eigenvalue weighted by molar-refractivity contribution is 6.10. The first-order valence-corrected chi connectivity index (χ1v) is 14.1. The minimum atomic E-state index is -1.07. The third-order valence-corrected chi connectivity index (χ3v) is 7.39. The SMILES string of the molecule is C=C(c1ccc(NC(=O)CCC(C)(CC(C)(C)C(=O)OC)C(=O)OCC)cc1)c1ccc(C(=O)c2ccccc2)c(O)c1. The highest BCUT2D eigenvalue weighted by Gasteiger charge is 2.43. The summed E-state index contributed by atoms with van der Waals surface area (Å²) in [6, 6.07) is 20.6. The number of phenolic OH excluding ortho intramolecular Hbond substituents is 1. The Kier molecular flexibility index (Phi) is 10.6. The van der Waals surface area contributed by atoms with E-state index in [0.717, 1.165) is 5.56 Å². The number of rotatable bonds is 13. The van der Waals surface area contributed by atoms with Crippen molar-refractivity contribution in [1.29, 1.82) is 0 Å². The maximum atomic E-state index is 12.8. The van der Waals surface area contributed by atoms with Crippen molar-refractivity contribution in [2.45, 2.75) is 47.0 Å². The fourth-order valence-corrected chi connectivity index (χ4v) is 5.08. The third-order valence-electron chi connectivity index (χ3n) is 7.39. The van der Waals surface area contributed by atoms with Crippen molar-refractivity contribution in [1.82, 2.24) is 0 Å². The molecule has 1 atom stereocenters. The van der Waals surface area contributed by atoms with Crippen LogP contribution in [0.2, 0.25) is 0 Å². The number of anilines is 1. The number of aromatic hydroxyl groups is 1. The fraction of sp³-hybridized carbons (Fsp3) is 0.314. The first-order valence-electron chi connectivity index (χ1n) is 14.1. The Morgan fingerprint density at radius 3 is 2.07 bits per heavy atom. The van der Waals surface area contributed by atoms with Crippen molar-refractivity contribution in [2.24, 2.45) is 10.8 Å². The van der Waals surface area contributed by atoms with Crippen molar-refractivity contribution in [3.05, 3.63) is 102 Å². The van der Waals surface area contributed by atoms with Crippen LogP contribution in [-0.4, -0.2) is 42.5 Å². The second-order valence-corrected chi connectivity index (χ2v) is 11.4. The van der Waals surface area contributed by atoms with Gasteiger partial charge in [-0.05, 0) is 81.5 Å². The van der Waals surface area contributed by atoms with Gasteiger partial charge >= 0.3 is 11.9 Å². The quantitative estimate of drug-likeness (QED) is 0.172. The normalized spacial score (nSPS) is 12.5. The summed E-state index contributed by atoms with van der Waals surface area (Å²) in [5.41, 5.74) is 1.27. The maximum Gasteiger partial charge on any atom is 0.311 e. The third kappa shape index (κ3) is 8.19. The van der Waals surface area contributed by atoms with Crippen molar-refractivity contribution < 1.29 is 33.8 Å². The van der Waals surface area contributed by atoms with E-state index in [9.17, 15) is 24.3 Å². The number of nitrogens with one attached hydrogen (secondary N) is 1. The number of carbonyl (C=O) groups is 4. The zero-order valence-corrected chi connectivity index (χ0v) is 25.4. The van der Waals surface area contributed by atoms with E-state index < -0.39 is 22.8 Å². The van der Waals surface area contributed by atoms with E-state index in [0.29, 0.717) is 22.4 Å². The Hall–Kier alpha value is -4.72. The van der Waals surface area contributed by atoms with Gasteiger partial charge in [-0.2, -0.15) is 0 Å². The molecular formula is C35H39NO7. The van der Waals surface area contributed by atoms with E-state index in [1.54, 1.807) is 88.4 Å². The van der Waals surface area contributed by atoms with Gasteiger partial charge in [0.15, 0.2) is 5.78 Å². The van der Waals surface area contributed by atoms with Gasteiger partial charge in [0.25, 0.3) is 0 Å². The topological polar surface area (TPSA) is 119 Å². The summed E-state index contributed by atoms with van der Waals surface area (Å²) in [6.07, 6.45) is 0.375. The largest absolute Gasteiger partial charge is 0.507 e. The number of amides is 1. The molecule has 1 unspecified atom stereocenters. The molecule has 0 spiro atoms. The number of ketones is 1. The maximum absolute atomic E-state index is 12.8. The van der Waals surface area contributed by atoms with Gasteiger partial charge in [0.2, 0.25) is 5.91 Å². The fourth-order valence-electron chi connectivity index (χ4n) is 5.08. The van der Waals surface area contributed by atoms with Gasteiger partial charge < -0.3 is 19.9 Å². The Labute approximate surface area is 252 Å². The molecule has 0 aliphatic carbocycles. The summed E-state index contributed by atoms with van der Waals surface area (Å²) in [4.78, 5) is 50.7. The number of carbonyl (C=O) groups excluding carboxylic acids is 4. The van der Waals surface area contributed by atoms with Gasteiger partial charge in [-0.3, -0.25) is 19.2 Å². The molecule has 0 saturated carbocycles. The molecule has 0 aliphatic heterocycles. The highest BCUT2D eigenvalue weighted by Crippen LogP contribution is 2.39. The molecule has 0 radical (unpaired) electrons. The van der Waals surface area contributed by atoms with E-state index in [2.05, 4.69) is 11.9 Å². The lowest BCUT2D eigenvalue weighted by Crippen LogP contribution is -2.39. The van der Waals surface area contributed by atoms with Gasteiger partial charge in [-0.15, -0.1) is 0 Å². The van der Waals surface area contributed by atoms with Crippen molar-refractivity contribution in [3.63, 3.8) is 0 Å². The first kappa shape index (κ1) is 32.8. The summed E-state index contributed by atoms with van der Waals surface area (Å²) in [6.45, 7) is 11.1. The summed E-state index contributed by atoms with van der Waals surface area (Å²) >= 11 is 0.